The van der Waals surface area contributed by atoms with Crippen molar-refractivity contribution in [1.82, 2.24) is 0 Å². The number of hydrogen-bond acceptors (Lipinski definition) is 2. The van der Waals surface area contributed by atoms with Gasteiger partial charge in [0.1, 0.15) is 4.47 Å². The number of rotatable bonds is 1. The zero-order valence-electron chi connectivity index (χ0n) is 7.04. The maximum atomic E-state index is 12.3. The Hall–Kier alpha value is -0.700. The molecule has 0 amide bonds. The van der Waals surface area contributed by atoms with Gasteiger partial charge < -0.3 is 0 Å². The first-order valence-corrected chi connectivity index (χ1v) is 4.73. The molecule has 0 bridgehead atoms. The Balaban J connectivity index is 5.39. The predicted octanol–water partition coefficient (Wildman–Crippen LogP) is 2.31. The quantitative estimate of drug-likeness (QED) is 0.468. The largest absolute Gasteiger partial charge is 0.326 e. The van der Waals surface area contributed by atoms with E-state index in [0.717, 1.165) is 0 Å². The molecule has 0 aromatic carbocycles. The van der Waals surface area contributed by atoms with Crippen molar-refractivity contribution < 1.29 is 13.0 Å². The Morgan fingerprint density at radius 3 is 2.00 bits per heavy atom. The van der Waals surface area contributed by atoms with Gasteiger partial charge >= 0.3 is 5.76 Å². The fourth-order valence-electron chi connectivity index (χ4n) is 0.486. The maximum absolute atomic E-state index is 12.3. The van der Waals surface area contributed by atoms with Gasteiger partial charge in [-0.1, -0.05) is 0 Å². The second-order valence-corrected chi connectivity index (χ2v) is 6.00. The van der Waals surface area contributed by atoms with Crippen LogP contribution >= 0.6 is 0 Å². The molecular weight excluding hydrogens is 186 g/mol. The van der Waals surface area contributed by atoms with Crippen LogP contribution in [0.25, 0.3) is 4.95 Å². The summed E-state index contributed by atoms with van der Waals surface area (Å²) in [5.74, 6) is -3.08. The minimum atomic E-state index is -3.73. The highest BCUT2D eigenvalue weighted by Crippen LogP contribution is 2.25. The molecule has 0 aromatic heterocycles. The fourth-order valence-corrected chi connectivity index (χ4v) is 1.46. The molecule has 12 heavy (non-hydrogen) atoms. The second-order valence-electron chi connectivity index (χ2n) is 3.12. The van der Waals surface area contributed by atoms with E-state index in [-0.39, 0.29) is 0 Å². The van der Waals surface area contributed by atoms with Crippen LogP contribution < -0.4 is 0 Å². The summed E-state index contributed by atoms with van der Waals surface area (Å²) in [5.41, 5.74) is 0. The Kier molecular flexibility index (Phi) is 3.16. The summed E-state index contributed by atoms with van der Waals surface area (Å²) in [6, 6.07) is 0. The van der Waals surface area contributed by atoms with Crippen molar-refractivity contribution in [3.63, 3.8) is 0 Å². The third-order valence-electron chi connectivity index (χ3n) is 1.28. The molecule has 0 saturated carbocycles. The molecule has 0 rings (SSSR count). The average Bonchev–Trinajstić information content (AvgIpc) is 1.85. The molecule has 1 unspecified atom stereocenters. The van der Waals surface area contributed by atoms with Gasteiger partial charge in [0.05, 0.1) is 4.75 Å². The molecule has 0 radical (unpaired) electrons. The van der Waals surface area contributed by atoms with Crippen LogP contribution in [0.3, 0.4) is 0 Å². The first kappa shape index (κ1) is 11.3. The lowest BCUT2D eigenvalue weighted by Crippen LogP contribution is -2.32. The molecular formula is C6H10F2N2OS. The van der Waals surface area contributed by atoms with Gasteiger partial charge in [-0.25, -0.2) is 4.21 Å². The van der Waals surface area contributed by atoms with E-state index in [1.54, 1.807) is 0 Å². The van der Waals surface area contributed by atoms with E-state index in [1.807, 2.05) is 0 Å². The number of halogens is 2. The van der Waals surface area contributed by atoms with Crippen molar-refractivity contribution in [2.24, 2.45) is 4.47 Å². The van der Waals surface area contributed by atoms with Crippen molar-refractivity contribution in [2.45, 2.75) is 31.3 Å². The van der Waals surface area contributed by atoms with Gasteiger partial charge in [0.2, 0.25) is 0 Å². The minimum absolute atomic E-state index is 1.17. The SMILES string of the molecule is [C-]#[N+]N=S(=O)(C(F)F)C(C)(C)C. The normalized spacial score (nSPS) is 16.8. The Bertz CT molecular complexity index is 304. The van der Waals surface area contributed by atoms with Crippen LogP contribution in [-0.4, -0.2) is 14.7 Å². The van der Waals surface area contributed by atoms with Crippen LogP contribution in [0.1, 0.15) is 20.8 Å². The first-order valence-electron chi connectivity index (χ1n) is 3.15. The molecule has 0 aliphatic rings. The van der Waals surface area contributed by atoms with E-state index in [4.69, 9.17) is 6.57 Å². The maximum Gasteiger partial charge on any atom is 0.326 e. The van der Waals surface area contributed by atoms with E-state index >= 15 is 0 Å². The van der Waals surface area contributed by atoms with E-state index in [2.05, 4.69) is 9.43 Å². The third-order valence-corrected chi connectivity index (χ3v) is 3.84. The van der Waals surface area contributed by atoms with E-state index in [1.165, 1.54) is 20.8 Å². The highest BCUT2D eigenvalue weighted by Gasteiger charge is 2.38. The van der Waals surface area contributed by atoms with Crippen molar-refractivity contribution in [3.8, 4) is 0 Å². The van der Waals surface area contributed by atoms with Gasteiger partial charge in [0.25, 0.3) is 0 Å². The summed E-state index contributed by atoms with van der Waals surface area (Å²) in [7, 11) is -3.73. The highest BCUT2D eigenvalue weighted by molar-refractivity contribution is 7.95. The van der Waals surface area contributed by atoms with E-state index in [0.29, 0.717) is 0 Å². The van der Waals surface area contributed by atoms with Crippen molar-refractivity contribution in [1.29, 1.82) is 0 Å². The molecule has 0 aromatic rings. The van der Waals surface area contributed by atoms with Crippen LogP contribution in [0.15, 0.2) is 4.47 Å². The topological polar surface area (TPSA) is 33.8 Å². The van der Waals surface area contributed by atoms with Gasteiger partial charge in [0, 0.05) is 0 Å². The summed E-state index contributed by atoms with van der Waals surface area (Å²) in [4.78, 5) is 2.42. The van der Waals surface area contributed by atoms with Crippen LogP contribution in [0.2, 0.25) is 0 Å². The molecule has 70 valence electrons. The lowest BCUT2D eigenvalue weighted by atomic mass is 10.3. The summed E-state index contributed by atoms with van der Waals surface area (Å²) in [5, 5.41) is 0. The number of alkyl halides is 2. The van der Waals surface area contributed by atoms with Crippen LogP contribution in [-0.2, 0) is 9.73 Å². The first-order chi connectivity index (χ1) is 5.25. The molecule has 0 N–H and O–H groups in total. The van der Waals surface area contributed by atoms with E-state index < -0.39 is 20.2 Å². The lowest BCUT2D eigenvalue weighted by molar-refractivity contribution is 0.238. The second kappa shape index (κ2) is 3.35. The van der Waals surface area contributed by atoms with Gasteiger partial charge in [0.15, 0.2) is 9.73 Å². The van der Waals surface area contributed by atoms with Gasteiger partial charge in [-0.05, 0) is 20.8 Å². The summed E-state index contributed by atoms with van der Waals surface area (Å²) in [6.07, 6.45) is 0. The molecule has 0 spiro atoms. The Morgan fingerprint density at radius 1 is 1.50 bits per heavy atom. The van der Waals surface area contributed by atoms with Crippen LogP contribution in [0.5, 0.6) is 0 Å². The summed E-state index contributed by atoms with van der Waals surface area (Å²) in [6.45, 7) is 10.4. The van der Waals surface area contributed by atoms with Crippen molar-refractivity contribution >= 4 is 9.73 Å². The average molecular weight is 196 g/mol. The molecule has 1 atom stereocenters. The van der Waals surface area contributed by atoms with Crippen molar-refractivity contribution in [3.05, 3.63) is 11.5 Å². The van der Waals surface area contributed by atoms with Gasteiger partial charge in [-0.3, -0.25) is 0 Å². The zero-order chi connectivity index (χ0) is 9.99. The van der Waals surface area contributed by atoms with Crippen LogP contribution in [0.4, 0.5) is 8.78 Å². The fraction of sp³-hybridized carbons (Fsp3) is 0.833. The highest BCUT2D eigenvalue weighted by atomic mass is 32.2. The van der Waals surface area contributed by atoms with Crippen LogP contribution in [0, 0.1) is 6.57 Å². The molecule has 0 heterocycles. The molecule has 0 aliphatic carbocycles. The Morgan fingerprint density at radius 2 is 1.92 bits per heavy atom. The monoisotopic (exact) mass is 196 g/mol. The number of hydrogen-bond donors (Lipinski definition) is 0. The zero-order valence-corrected chi connectivity index (χ0v) is 7.86. The standard InChI is InChI=1S/C6H10F2N2OS/c1-6(2,3)12(11,5(7)8)10-9-4/h5H,1-3H3. The van der Waals surface area contributed by atoms with E-state index in [9.17, 15) is 13.0 Å². The lowest BCUT2D eigenvalue weighted by Gasteiger charge is -2.19. The summed E-state index contributed by atoms with van der Waals surface area (Å²) >= 11 is 0. The van der Waals surface area contributed by atoms with Crippen molar-refractivity contribution in [2.75, 3.05) is 0 Å². The smallest absolute Gasteiger partial charge is 0.237 e. The molecule has 0 fully saturated rings. The van der Waals surface area contributed by atoms with Gasteiger partial charge in [-0.15, -0.1) is 4.95 Å². The Labute approximate surface area is 70.7 Å². The third kappa shape index (κ3) is 1.91. The predicted molar refractivity (Wildman–Crippen MR) is 42.9 cm³/mol. The minimum Gasteiger partial charge on any atom is -0.237 e. The molecule has 3 nitrogen and oxygen atoms in total. The summed E-state index contributed by atoms with van der Waals surface area (Å²) < 4.78 is 37.5. The molecule has 0 aliphatic heterocycles. The number of nitrogens with zero attached hydrogens (tertiary/aromatic N) is 2. The van der Waals surface area contributed by atoms with Gasteiger partial charge in [-0.2, -0.15) is 15.4 Å². The molecule has 0 saturated heterocycles. The molecule has 6 heteroatoms.